The van der Waals surface area contributed by atoms with Gasteiger partial charge in [-0.2, -0.15) is 0 Å². The van der Waals surface area contributed by atoms with Gasteiger partial charge in [-0.15, -0.1) is 0 Å². The van der Waals surface area contributed by atoms with E-state index >= 15 is 0 Å². The molecule has 0 spiro atoms. The van der Waals surface area contributed by atoms with Gasteiger partial charge in [0.2, 0.25) is 0 Å². The highest BCUT2D eigenvalue weighted by Gasteiger charge is 2.05. The molecule has 1 rings (SSSR count). The average Bonchev–Trinajstić information content (AvgIpc) is 2.44. The minimum Gasteiger partial charge on any atom is -0.493 e. The molecule has 1 aromatic rings. The first-order valence-corrected chi connectivity index (χ1v) is 6.88. The molecule has 0 saturated carbocycles. The summed E-state index contributed by atoms with van der Waals surface area (Å²) in [5, 5.41) is 3.39. The van der Waals surface area contributed by atoms with E-state index in [-0.39, 0.29) is 0 Å². The van der Waals surface area contributed by atoms with Crippen LogP contribution in [0.1, 0.15) is 32.8 Å². The van der Waals surface area contributed by atoms with E-state index in [1.54, 1.807) is 7.11 Å². The van der Waals surface area contributed by atoms with Crippen molar-refractivity contribution in [2.75, 3.05) is 20.3 Å². The van der Waals surface area contributed by atoms with E-state index in [9.17, 15) is 0 Å². The summed E-state index contributed by atoms with van der Waals surface area (Å²) in [4.78, 5) is 0. The molecule has 0 heterocycles. The number of ether oxygens (including phenoxy) is 2. The highest BCUT2D eigenvalue weighted by atomic mass is 16.5. The van der Waals surface area contributed by atoms with Crippen molar-refractivity contribution in [2.45, 2.75) is 33.2 Å². The molecule has 0 aromatic heterocycles. The van der Waals surface area contributed by atoms with Gasteiger partial charge in [0.1, 0.15) is 6.61 Å². The molecule has 3 heteroatoms. The lowest BCUT2D eigenvalue weighted by molar-refractivity contribution is 0.287. The number of nitrogens with one attached hydrogen (secondary N) is 1. The maximum atomic E-state index is 5.74. The second-order valence-corrected chi connectivity index (χ2v) is 4.52. The zero-order valence-electron chi connectivity index (χ0n) is 12.4. The molecule has 3 nitrogen and oxygen atoms in total. The fraction of sp³-hybridized carbons (Fsp3) is 0.500. The summed E-state index contributed by atoms with van der Waals surface area (Å²) in [5.41, 5.74) is 1.12. The predicted molar refractivity (Wildman–Crippen MR) is 81.0 cm³/mol. The lowest BCUT2D eigenvalue weighted by atomic mass is 10.2. The number of hydrogen-bond acceptors (Lipinski definition) is 3. The molecule has 0 fully saturated rings. The molecule has 19 heavy (non-hydrogen) atoms. The lowest BCUT2D eigenvalue weighted by Crippen LogP contribution is -2.29. The molecule has 0 unspecified atom stereocenters. The van der Waals surface area contributed by atoms with Crippen molar-refractivity contribution in [1.29, 1.82) is 0 Å². The Kier molecular flexibility index (Phi) is 7.04. The molecule has 0 aliphatic carbocycles. The molecule has 0 bridgehead atoms. The summed E-state index contributed by atoms with van der Waals surface area (Å²) in [6.07, 6.45) is 5.17. The molecule has 106 valence electrons. The third-order valence-corrected chi connectivity index (χ3v) is 3.01. The van der Waals surface area contributed by atoms with Crippen molar-refractivity contribution >= 4 is 6.08 Å². The molecule has 0 saturated heterocycles. The molecule has 1 N–H and O–H groups in total. The topological polar surface area (TPSA) is 30.5 Å². The number of hydrogen-bond donors (Lipinski definition) is 1. The predicted octanol–water partition coefficient (Wildman–Crippen LogP) is 3.50. The van der Waals surface area contributed by atoms with Crippen LogP contribution in [0.2, 0.25) is 0 Å². The van der Waals surface area contributed by atoms with E-state index < -0.39 is 0 Å². The largest absolute Gasteiger partial charge is 0.493 e. The third kappa shape index (κ3) is 5.35. The standard InChI is InChI=1S/C16H25NO2/c1-5-7-14-8-9-15(16(12-14)18-4)19-11-10-17-13(3)6-2/h5,7-9,12-13,17H,6,10-11H2,1-4H3/b7-5+/t13-/m0/s1. The van der Waals surface area contributed by atoms with Crippen LogP contribution in [0, 0.1) is 0 Å². The van der Waals surface area contributed by atoms with Crippen LogP contribution in [0.5, 0.6) is 11.5 Å². The van der Waals surface area contributed by atoms with Crippen molar-refractivity contribution in [2.24, 2.45) is 0 Å². The number of allylic oxidation sites excluding steroid dienone is 1. The Hall–Kier alpha value is -1.48. The van der Waals surface area contributed by atoms with E-state index in [0.29, 0.717) is 12.6 Å². The SMILES string of the molecule is C/C=C/c1ccc(OCCN[C@@H](C)CC)c(OC)c1. The van der Waals surface area contributed by atoms with Gasteiger partial charge >= 0.3 is 0 Å². The smallest absolute Gasteiger partial charge is 0.161 e. The van der Waals surface area contributed by atoms with Gasteiger partial charge in [0.05, 0.1) is 7.11 Å². The zero-order valence-corrected chi connectivity index (χ0v) is 12.4. The molecule has 0 amide bonds. The van der Waals surface area contributed by atoms with E-state index in [1.165, 1.54) is 0 Å². The third-order valence-electron chi connectivity index (χ3n) is 3.01. The summed E-state index contributed by atoms with van der Waals surface area (Å²) in [6, 6.07) is 6.50. The van der Waals surface area contributed by atoms with Gasteiger partial charge in [-0.3, -0.25) is 0 Å². The van der Waals surface area contributed by atoms with E-state index in [4.69, 9.17) is 9.47 Å². The van der Waals surface area contributed by atoms with Crippen LogP contribution in [0.15, 0.2) is 24.3 Å². The van der Waals surface area contributed by atoms with Crippen molar-refractivity contribution in [3.63, 3.8) is 0 Å². The Balaban J connectivity index is 2.53. The van der Waals surface area contributed by atoms with Gasteiger partial charge in [-0.05, 0) is 38.0 Å². The Morgan fingerprint density at radius 2 is 2.11 bits per heavy atom. The average molecular weight is 263 g/mol. The van der Waals surface area contributed by atoms with Crippen LogP contribution in [0.4, 0.5) is 0 Å². The van der Waals surface area contributed by atoms with Crippen LogP contribution < -0.4 is 14.8 Å². The van der Waals surface area contributed by atoms with E-state index in [1.807, 2.05) is 37.3 Å². The number of benzene rings is 1. The molecule has 0 aliphatic rings. The van der Waals surface area contributed by atoms with Crippen LogP contribution >= 0.6 is 0 Å². The maximum Gasteiger partial charge on any atom is 0.161 e. The van der Waals surface area contributed by atoms with Crippen molar-refractivity contribution in [3.8, 4) is 11.5 Å². The molecule has 1 aromatic carbocycles. The Morgan fingerprint density at radius 1 is 1.32 bits per heavy atom. The minimum absolute atomic E-state index is 0.530. The van der Waals surface area contributed by atoms with Crippen molar-refractivity contribution in [3.05, 3.63) is 29.8 Å². The molecular weight excluding hydrogens is 238 g/mol. The highest BCUT2D eigenvalue weighted by Crippen LogP contribution is 2.28. The zero-order chi connectivity index (χ0) is 14.1. The fourth-order valence-corrected chi connectivity index (χ4v) is 1.71. The van der Waals surface area contributed by atoms with Gasteiger partial charge in [0.25, 0.3) is 0 Å². The van der Waals surface area contributed by atoms with Gasteiger partial charge in [-0.1, -0.05) is 25.1 Å². The summed E-state index contributed by atoms with van der Waals surface area (Å²) >= 11 is 0. The van der Waals surface area contributed by atoms with Crippen LogP contribution in [0.25, 0.3) is 6.08 Å². The van der Waals surface area contributed by atoms with Crippen LogP contribution in [0.3, 0.4) is 0 Å². The summed E-state index contributed by atoms with van der Waals surface area (Å²) in [7, 11) is 1.67. The first kappa shape index (κ1) is 15.6. The van der Waals surface area contributed by atoms with Crippen LogP contribution in [-0.4, -0.2) is 26.3 Å². The molecule has 0 aliphatic heterocycles. The van der Waals surface area contributed by atoms with Gasteiger partial charge in [0.15, 0.2) is 11.5 Å². The monoisotopic (exact) mass is 263 g/mol. The number of methoxy groups -OCH3 is 1. The first-order chi connectivity index (χ1) is 9.21. The second-order valence-electron chi connectivity index (χ2n) is 4.52. The van der Waals surface area contributed by atoms with Crippen LogP contribution in [-0.2, 0) is 0 Å². The Morgan fingerprint density at radius 3 is 2.74 bits per heavy atom. The molecule has 1 atom stereocenters. The Labute approximate surface area is 116 Å². The first-order valence-electron chi connectivity index (χ1n) is 6.88. The lowest BCUT2D eigenvalue weighted by Gasteiger charge is -2.14. The summed E-state index contributed by atoms with van der Waals surface area (Å²) in [6.45, 7) is 7.82. The van der Waals surface area contributed by atoms with Gasteiger partial charge < -0.3 is 14.8 Å². The molecule has 0 radical (unpaired) electrons. The number of rotatable bonds is 8. The van der Waals surface area contributed by atoms with Crippen molar-refractivity contribution in [1.82, 2.24) is 5.32 Å². The van der Waals surface area contributed by atoms with Gasteiger partial charge in [0, 0.05) is 12.6 Å². The van der Waals surface area contributed by atoms with Gasteiger partial charge in [-0.25, -0.2) is 0 Å². The normalized spacial score (nSPS) is 12.6. The summed E-state index contributed by atoms with van der Waals surface area (Å²) in [5.74, 6) is 1.57. The quantitative estimate of drug-likeness (QED) is 0.728. The van der Waals surface area contributed by atoms with Crippen molar-refractivity contribution < 1.29 is 9.47 Å². The summed E-state index contributed by atoms with van der Waals surface area (Å²) < 4.78 is 11.1. The molecular formula is C16H25NO2. The minimum atomic E-state index is 0.530. The van der Waals surface area contributed by atoms with E-state index in [0.717, 1.165) is 30.0 Å². The van der Waals surface area contributed by atoms with E-state index in [2.05, 4.69) is 19.2 Å². The highest BCUT2D eigenvalue weighted by molar-refractivity contribution is 5.55. The second kappa shape index (κ2) is 8.59. The maximum absolute atomic E-state index is 5.74. The Bertz CT molecular complexity index is 402. The fourth-order valence-electron chi connectivity index (χ4n) is 1.71.